The Morgan fingerprint density at radius 2 is 1.93 bits per heavy atom. The predicted molar refractivity (Wildman–Crippen MR) is 108 cm³/mol. The average molecular weight is 418 g/mol. The molecule has 2 aromatic carbocycles. The standard InChI is InChI=1S/C22H24F2N2O4/c1-13-10-17(13)21(28)26-16-5-3-4-15(12-16)20(27)25-9-8-14-6-7-18(29-2)19(11-14)30-22(23)24/h3-7,11-13,17,22H,8-10H2,1-2H3,(H,25,27)(H,26,28). The Morgan fingerprint density at radius 1 is 1.17 bits per heavy atom. The van der Waals surface area contributed by atoms with Crippen LogP contribution in [0.25, 0.3) is 0 Å². The van der Waals surface area contributed by atoms with Crippen molar-refractivity contribution in [1.29, 1.82) is 0 Å². The summed E-state index contributed by atoms with van der Waals surface area (Å²) in [4.78, 5) is 24.5. The summed E-state index contributed by atoms with van der Waals surface area (Å²) >= 11 is 0. The van der Waals surface area contributed by atoms with E-state index in [2.05, 4.69) is 15.4 Å². The van der Waals surface area contributed by atoms with Gasteiger partial charge >= 0.3 is 6.61 Å². The normalized spacial score (nSPS) is 17.4. The lowest BCUT2D eigenvalue weighted by atomic mass is 10.1. The smallest absolute Gasteiger partial charge is 0.387 e. The van der Waals surface area contributed by atoms with Crippen LogP contribution in [0.15, 0.2) is 42.5 Å². The number of methoxy groups -OCH3 is 1. The predicted octanol–water partition coefficient (Wildman–Crippen LogP) is 3.86. The van der Waals surface area contributed by atoms with Gasteiger partial charge in [-0.3, -0.25) is 9.59 Å². The summed E-state index contributed by atoms with van der Waals surface area (Å²) in [5, 5.41) is 5.63. The highest BCUT2D eigenvalue weighted by Crippen LogP contribution is 2.38. The molecule has 0 aliphatic heterocycles. The van der Waals surface area contributed by atoms with E-state index in [9.17, 15) is 18.4 Å². The lowest BCUT2D eigenvalue weighted by molar-refractivity contribution is -0.117. The molecule has 0 spiro atoms. The fourth-order valence-corrected chi connectivity index (χ4v) is 3.15. The highest BCUT2D eigenvalue weighted by molar-refractivity contribution is 5.98. The Labute approximate surface area is 173 Å². The lowest BCUT2D eigenvalue weighted by Crippen LogP contribution is -2.26. The van der Waals surface area contributed by atoms with Gasteiger partial charge in [0.25, 0.3) is 5.91 Å². The second-order valence-corrected chi connectivity index (χ2v) is 7.26. The summed E-state index contributed by atoms with van der Waals surface area (Å²) in [5.41, 5.74) is 1.72. The van der Waals surface area contributed by atoms with Crippen molar-refractivity contribution < 1.29 is 27.8 Å². The number of alkyl halides is 2. The number of carbonyl (C=O) groups excluding carboxylic acids is 2. The first kappa shape index (κ1) is 21.5. The van der Waals surface area contributed by atoms with Crippen molar-refractivity contribution in [2.45, 2.75) is 26.4 Å². The molecular formula is C22H24F2N2O4. The molecule has 30 heavy (non-hydrogen) atoms. The van der Waals surface area contributed by atoms with Crippen molar-refractivity contribution in [3.05, 3.63) is 53.6 Å². The quantitative estimate of drug-likeness (QED) is 0.648. The van der Waals surface area contributed by atoms with Gasteiger partial charge in [0.05, 0.1) is 7.11 Å². The summed E-state index contributed by atoms with van der Waals surface area (Å²) in [6, 6.07) is 11.5. The van der Waals surface area contributed by atoms with Crippen LogP contribution >= 0.6 is 0 Å². The van der Waals surface area contributed by atoms with Gasteiger partial charge in [-0.15, -0.1) is 0 Å². The number of hydrogen-bond donors (Lipinski definition) is 2. The van der Waals surface area contributed by atoms with Gasteiger partial charge in [-0.2, -0.15) is 8.78 Å². The number of carbonyl (C=O) groups is 2. The molecule has 160 valence electrons. The van der Waals surface area contributed by atoms with Crippen LogP contribution in [0.3, 0.4) is 0 Å². The molecule has 1 fully saturated rings. The molecule has 6 nitrogen and oxygen atoms in total. The molecule has 1 aliphatic carbocycles. The monoisotopic (exact) mass is 418 g/mol. The number of amides is 2. The van der Waals surface area contributed by atoms with Crippen LogP contribution in [0.1, 0.15) is 29.3 Å². The van der Waals surface area contributed by atoms with E-state index in [0.29, 0.717) is 35.7 Å². The van der Waals surface area contributed by atoms with Crippen LogP contribution in [0, 0.1) is 11.8 Å². The van der Waals surface area contributed by atoms with Crippen LogP contribution in [0.2, 0.25) is 0 Å². The number of ether oxygens (including phenoxy) is 2. The first-order valence-electron chi connectivity index (χ1n) is 9.68. The third-order valence-electron chi connectivity index (χ3n) is 4.98. The molecule has 2 amide bonds. The largest absolute Gasteiger partial charge is 0.493 e. The fraction of sp³-hybridized carbons (Fsp3) is 0.364. The van der Waals surface area contributed by atoms with E-state index in [1.807, 2.05) is 6.92 Å². The number of anilines is 1. The van der Waals surface area contributed by atoms with E-state index in [4.69, 9.17) is 4.74 Å². The lowest BCUT2D eigenvalue weighted by Gasteiger charge is -2.12. The Morgan fingerprint density at radius 3 is 2.60 bits per heavy atom. The summed E-state index contributed by atoms with van der Waals surface area (Å²) < 4.78 is 34.5. The Hall–Kier alpha value is -3.16. The van der Waals surface area contributed by atoms with Crippen molar-refractivity contribution in [3.63, 3.8) is 0 Å². The van der Waals surface area contributed by atoms with Crippen LogP contribution in [0.5, 0.6) is 11.5 Å². The number of rotatable bonds is 9. The molecule has 2 aromatic rings. The fourth-order valence-electron chi connectivity index (χ4n) is 3.15. The first-order chi connectivity index (χ1) is 14.4. The van der Waals surface area contributed by atoms with E-state index in [0.717, 1.165) is 6.42 Å². The SMILES string of the molecule is COc1ccc(CCNC(=O)c2cccc(NC(=O)C3CC3C)c2)cc1OC(F)F. The van der Waals surface area contributed by atoms with Gasteiger partial charge < -0.3 is 20.1 Å². The third kappa shape index (κ3) is 5.68. The van der Waals surface area contributed by atoms with Crippen LogP contribution in [-0.2, 0) is 11.2 Å². The highest BCUT2D eigenvalue weighted by Gasteiger charge is 2.39. The van der Waals surface area contributed by atoms with E-state index in [1.54, 1.807) is 36.4 Å². The molecule has 2 unspecified atom stereocenters. The second kappa shape index (κ2) is 9.56. The number of nitrogens with one attached hydrogen (secondary N) is 2. The van der Waals surface area contributed by atoms with Gasteiger partial charge in [0.1, 0.15) is 0 Å². The molecule has 3 rings (SSSR count). The Kier molecular flexibility index (Phi) is 6.87. The molecule has 0 aromatic heterocycles. The minimum Gasteiger partial charge on any atom is -0.493 e. The summed E-state index contributed by atoms with van der Waals surface area (Å²) in [7, 11) is 1.37. The molecular weight excluding hydrogens is 394 g/mol. The van der Waals surface area contributed by atoms with Crippen LogP contribution in [-0.4, -0.2) is 32.1 Å². The highest BCUT2D eigenvalue weighted by atomic mass is 19.3. The van der Waals surface area contributed by atoms with Crippen LogP contribution < -0.4 is 20.1 Å². The van der Waals surface area contributed by atoms with E-state index < -0.39 is 6.61 Å². The van der Waals surface area contributed by atoms with E-state index in [-0.39, 0.29) is 29.2 Å². The topological polar surface area (TPSA) is 76.7 Å². The number of halogens is 2. The number of hydrogen-bond acceptors (Lipinski definition) is 4. The van der Waals surface area contributed by atoms with Gasteiger partial charge in [0.2, 0.25) is 5.91 Å². The van der Waals surface area contributed by atoms with Gasteiger partial charge in [-0.05, 0) is 54.7 Å². The van der Waals surface area contributed by atoms with E-state index in [1.165, 1.54) is 13.2 Å². The second-order valence-electron chi connectivity index (χ2n) is 7.26. The van der Waals surface area contributed by atoms with Crippen molar-refractivity contribution in [2.75, 3.05) is 19.0 Å². The van der Waals surface area contributed by atoms with Gasteiger partial charge in [-0.25, -0.2) is 0 Å². The average Bonchev–Trinajstić information content (AvgIpc) is 3.45. The minimum absolute atomic E-state index is 0.0265. The molecule has 0 heterocycles. The molecule has 2 N–H and O–H groups in total. The molecule has 8 heteroatoms. The van der Waals surface area contributed by atoms with Crippen molar-refractivity contribution in [3.8, 4) is 11.5 Å². The molecule has 0 saturated heterocycles. The van der Waals surface area contributed by atoms with Gasteiger partial charge in [0, 0.05) is 23.7 Å². The summed E-state index contributed by atoms with van der Waals surface area (Å²) in [5.74, 6) is 0.295. The number of benzene rings is 2. The Balaban J connectivity index is 1.54. The summed E-state index contributed by atoms with van der Waals surface area (Å²) in [6.45, 7) is -0.626. The zero-order chi connectivity index (χ0) is 21.7. The summed E-state index contributed by atoms with van der Waals surface area (Å²) in [6.07, 6.45) is 1.31. The molecule has 0 bridgehead atoms. The minimum atomic E-state index is -2.95. The Bertz CT molecular complexity index is 920. The molecule has 1 aliphatic rings. The zero-order valence-corrected chi connectivity index (χ0v) is 16.8. The third-order valence-corrected chi connectivity index (χ3v) is 4.98. The molecule has 1 saturated carbocycles. The van der Waals surface area contributed by atoms with Crippen molar-refractivity contribution in [1.82, 2.24) is 5.32 Å². The van der Waals surface area contributed by atoms with E-state index >= 15 is 0 Å². The van der Waals surface area contributed by atoms with Crippen LogP contribution in [0.4, 0.5) is 14.5 Å². The van der Waals surface area contributed by atoms with Crippen molar-refractivity contribution in [2.24, 2.45) is 11.8 Å². The first-order valence-corrected chi connectivity index (χ1v) is 9.68. The molecule has 2 atom stereocenters. The molecule has 0 radical (unpaired) electrons. The van der Waals surface area contributed by atoms with Gasteiger partial charge in [0.15, 0.2) is 11.5 Å². The maximum Gasteiger partial charge on any atom is 0.387 e. The zero-order valence-electron chi connectivity index (χ0n) is 16.8. The maximum atomic E-state index is 12.5. The van der Waals surface area contributed by atoms with Gasteiger partial charge in [-0.1, -0.05) is 19.1 Å². The maximum absolute atomic E-state index is 12.5. The van der Waals surface area contributed by atoms with Crippen molar-refractivity contribution >= 4 is 17.5 Å².